The van der Waals surface area contributed by atoms with Crippen LogP contribution in [0.4, 0.5) is 0 Å². The highest BCUT2D eigenvalue weighted by Crippen LogP contribution is 2.42. The number of hydrogen-bond acceptors (Lipinski definition) is 2. The molecule has 2 aliphatic carbocycles. The Morgan fingerprint density at radius 2 is 1.47 bits per heavy atom. The average molecular weight is 256 g/mol. The van der Waals surface area contributed by atoms with Crippen LogP contribution in [0.5, 0.6) is 0 Å². The summed E-state index contributed by atoms with van der Waals surface area (Å²) in [6.45, 7) is 4.75. The molecule has 1 nitrogen and oxygen atoms in total. The maximum atomic E-state index is 10.1. The van der Waals surface area contributed by atoms with Crippen LogP contribution in [-0.2, 0) is 0 Å². The van der Waals surface area contributed by atoms with Gasteiger partial charge in [-0.2, -0.15) is 11.8 Å². The topological polar surface area (TPSA) is 20.2 Å². The number of aliphatic hydroxyl groups is 1. The van der Waals surface area contributed by atoms with E-state index in [2.05, 4.69) is 25.6 Å². The van der Waals surface area contributed by atoms with Gasteiger partial charge in [0.15, 0.2) is 0 Å². The Balaban J connectivity index is 1.90. The van der Waals surface area contributed by atoms with Gasteiger partial charge in [-0.1, -0.05) is 39.5 Å². The first kappa shape index (κ1) is 13.7. The summed E-state index contributed by atoms with van der Waals surface area (Å²) in [6.07, 6.45) is 10.4. The second-order valence-corrected chi connectivity index (χ2v) is 7.74. The summed E-state index contributed by atoms with van der Waals surface area (Å²) in [5.41, 5.74) is 0. The summed E-state index contributed by atoms with van der Waals surface area (Å²) >= 11 is 2.14. The lowest BCUT2D eigenvalue weighted by molar-refractivity contribution is 0.136. The van der Waals surface area contributed by atoms with Crippen LogP contribution in [-0.4, -0.2) is 21.7 Å². The van der Waals surface area contributed by atoms with Crippen molar-refractivity contribution in [3.05, 3.63) is 0 Å². The molecule has 4 atom stereocenters. The second-order valence-electron chi connectivity index (χ2n) is 6.26. The average Bonchev–Trinajstić information content (AvgIpc) is 2.32. The molecule has 1 N–H and O–H groups in total. The van der Waals surface area contributed by atoms with Crippen molar-refractivity contribution in [3.8, 4) is 0 Å². The van der Waals surface area contributed by atoms with E-state index >= 15 is 0 Å². The Morgan fingerprint density at radius 1 is 0.882 bits per heavy atom. The monoisotopic (exact) mass is 256 g/mol. The van der Waals surface area contributed by atoms with Crippen molar-refractivity contribution in [3.63, 3.8) is 0 Å². The molecule has 0 bridgehead atoms. The van der Waals surface area contributed by atoms with Crippen molar-refractivity contribution >= 4 is 11.8 Å². The van der Waals surface area contributed by atoms with Crippen LogP contribution in [0, 0.1) is 11.8 Å². The van der Waals surface area contributed by atoms with Gasteiger partial charge in [-0.05, 0) is 37.5 Å². The summed E-state index contributed by atoms with van der Waals surface area (Å²) in [5, 5.41) is 11.5. The molecular formula is C15H28OS. The van der Waals surface area contributed by atoms with Gasteiger partial charge in [-0.25, -0.2) is 0 Å². The summed E-state index contributed by atoms with van der Waals surface area (Å²) in [7, 11) is 0. The minimum atomic E-state index is -0.0245. The summed E-state index contributed by atoms with van der Waals surface area (Å²) in [4.78, 5) is 0. The van der Waals surface area contributed by atoms with Gasteiger partial charge in [0.1, 0.15) is 0 Å². The number of rotatable bonds is 3. The van der Waals surface area contributed by atoms with E-state index in [9.17, 15) is 5.11 Å². The molecule has 2 aliphatic rings. The maximum Gasteiger partial charge on any atom is 0.0658 e. The van der Waals surface area contributed by atoms with Crippen LogP contribution < -0.4 is 0 Å². The summed E-state index contributed by atoms with van der Waals surface area (Å²) in [5.74, 6) is 1.71. The van der Waals surface area contributed by atoms with Crippen LogP contribution in [0.3, 0.4) is 0 Å². The molecule has 0 amide bonds. The van der Waals surface area contributed by atoms with E-state index < -0.39 is 0 Å². The molecule has 0 radical (unpaired) electrons. The van der Waals surface area contributed by atoms with E-state index in [0.29, 0.717) is 5.25 Å². The van der Waals surface area contributed by atoms with Gasteiger partial charge in [0.05, 0.1) is 6.10 Å². The highest BCUT2D eigenvalue weighted by molar-refractivity contribution is 8.00. The lowest BCUT2D eigenvalue weighted by Crippen LogP contribution is -2.33. The maximum absolute atomic E-state index is 10.1. The molecule has 0 saturated heterocycles. The van der Waals surface area contributed by atoms with Gasteiger partial charge in [0, 0.05) is 10.5 Å². The standard InChI is InChI=1S/C15H28OS/c1-11(2)12-7-3-5-9-14(12)17-15-10-6-4-8-13(15)16/h11-16H,3-10H2,1-2H3. The fraction of sp³-hybridized carbons (Fsp3) is 1.00. The smallest absolute Gasteiger partial charge is 0.0658 e. The predicted molar refractivity (Wildman–Crippen MR) is 76.4 cm³/mol. The number of hydrogen-bond donors (Lipinski definition) is 1. The lowest BCUT2D eigenvalue weighted by Gasteiger charge is -2.38. The van der Waals surface area contributed by atoms with Crippen molar-refractivity contribution < 1.29 is 5.11 Å². The van der Waals surface area contributed by atoms with Gasteiger partial charge in [-0.15, -0.1) is 0 Å². The zero-order valence-electron chi connectivity index (χ0n) is 11.4. The molecule has 100 valence electrons. The molecule has 4 unspecified atom stereocenters. The third kappa shape index (κ3) is 3.64. The van der Waals surface area contributed by atoms with E-state index in [1.54, 1.807) is 0 Å². The normalized spacial score (nSPS) is 39.5. The number of aliphatic hydroxyl groups excluding tert-OH is 1. The predicted octanol–water partition coefficient (Wildman–Crippen LogP) is 4.24. The van der Waals surface area contributed by atoms with Gasteiger partial charge >= 0.3 is 0 Å². The highest BCUT2D eigenvalue weighted by atomic mass is 32.2. The minimum Gasteiger partial charge on any atom is -0.392 e. The van der Waals surface area contributed by atoms with Crippen LogP contribution in [0.15, 0.2) is 0 Å². The van der Waals surface area contributed by atoms with E-state index in [-0.39, 0.29) is 6.10 Å². The minimum absolute atomic E-state index is 0.0245. The molecule has 17 heavy (non-hydrogen) atoms. The van der Waals surface area contributed by atoms with E-state index in [1.165, 1.54) is 44.9 Å². The van der Waals surface area contributed by atoms with Gasteiger partial charge in [0.25, 0.3) is 0 Å². The molecule has 2 rings (SSSR count). The third-order valence-corrected chi connectivity index (χ3v) is 6.46. The van der Waals surface area contributed by atoms with Gasteiger partial charge in [-0.3, -0.25) is 0 Å². The fourth-order valence-corrected chi connectivity index (χ4v) is 5.54. The van der Waals surface area contributed by atoms with Crippen molar-refractivity contribution in [2.24, 2.45) is 11.8 Å². The number of thioether (sulfide) groups is 1. The van der Waals surface area contributed by atoms with Crippen molar-refractivity contribution in [1.29, 1.82) is 0 Å². The molecule has 0 heterocycles. The lowest BCUT2D eigenvalue weighted by atomic mass is 9.81. The molecule has 0 aromatic carbocycles. The van der Waals surface area contributed by atoms with Gasteiger partial charge in [0.2, 0.25) is 0 Å². The molecule has 0 aromatic rings. The fourth-order valence-electron chi connectivity index (χ4n) is 3.52. The molecular weight excluding hydrogens is 228 g/mol. The third-order valence-electron chi connectivity index (χ3n) is 4.63. The van der Waals surface area contributed by atoms with Crippen LogP contribution >= 0.6 is 11.8 Å². The van der Waals surface area contributed by atoms with Gasteiger partial charge < -0.3 is 5.11 Å². The molecule has 0 aliphatic heterocycles. The van der Waals surface area contributed by atoms with Crippen LogP contribution in [0.2, 0.25) is 0 Å². The first-order valence-corrected chi connectivity index (χ1v) is 8.46. The first-order chi connectivity index (χ1) is 8.18. The summed E-state index contributed by atoms with van der Waals surface area (Å²) < 4.78 is 0. The molecule has 0 spiro atoms. The molecule has 0 aromatic heterocycles. The van der Waals surface area contributed by atoms with Crippen molar-refractivity contribution in [2.75, 3.05) is 0 Å². The largest absolute Gasteiger partial charge is 0.392 e. The zero-order chi connectivity index (χ0) is 12.3. The van der Waals surface area contributed by atoms with E-state index in [4.69, 9.17) is 0 Å². The Hall–Kier alpha value is 0.310. The first-order valence-electron chi connectivity index (χ1n) is 7.52. The molecule has 2 fully saturated rings. The highest BCUT2D eigenvalue weighted by Gasteiger charge is 2.33. The Kier molecular flexibility index (Phi) is 5.23. The van der Waals surface area contributed by atoms with E-state index in [1.807, 2.05) is 0 Å². The van der Waals surface area contributed by atoms with Crippen molar-refractivity contribution in [1.82, 2.24) is 0 Å². The zero-order valence-corrected chi connectivity index (χ0v) is 12.2. The molecule has 2 heteroatoms. The Labute approximate surface area is 111 Å². The van der Waals surface area contributed by atoms with Crippen molar-refractivity contribution in [2.45, 2.75) is 81.8 Å². The quantitative estimate of drug-likeness (QED) is 0.815. The Bertz CT molecular complexity index is 229. The molecule has 2 saturated carbocycles. The summed E-state index contributed by atoms with van der Waals surface area (Å²) in [6, 6.07) is 0. The second kappa shape index (κ2) is 6.47. The van der Waals surface area contributed by atoms with Crippen LogP contribution in [0.25, 0.3) is 0 Å². The Morgan fingerprint density at radius 3 is 2.12 bits per heavy atom. The van der Waals surface area contributed by atoms with E-state index in [0.717, 1.165) is 23.5 Å². The SMILES string of the molecule is CC(C)C1CCCCC1SC1CCCCC1O. The van der Waals surface area contributed by atoms with Crippen LogP contribution in [0.1, 0.15) is 65.2 Å².